The quantitative estimate of drug-likeness (QED) is 0.568. The van der Waals surface area contributed by atoms with Crippen LogP contribution in [0.15, 0.2) is 12.5 Å². The summed E-state index contributed by atoms with van der Waals surface area (Å²) >= 11 is 0. The number of aliphatic hydroxyl groups excluding tert-OH is 1. The lowest BCUT2D eigenvalue weighted by Gasteiger charge is -2.13. The van der Waals surface area contributed by atoms with Gasteiger partial charge in [0.15, 0.2) is 5.82 Å². The first-order valence-corrected chi connectivity index (χ1v) is 5.68. The number of rotatable bonds is 1. The Labute approximate surface area is 98.3 Å². The average Bonchev–Trinajstić information content (AvgIpc) is 2.83. The first-order chi connectivity index (χ1) is 8.16. The van der Waals surface area contributed by atoms with E-state index in [9.17, 15) is 5.11 Å². The van der Waals surface area contributed by atoms with Crippen LogP contribution < -0.4 is 11.1 Å². The molecule has 1 fully saturated rings. The highest BCUT2D eigenvalue weighted by Gasteiger charge is 2.32. The molecular weight excluding hydrogens is 218 g/mol. The Morgan fingerprint density at radius 3 is 3.00 bits per heavy atom. The van der Waals surface area contributed by atoms with Crippen molar-refractivity contribution in [1.29, 1.82) is 0 Å². The number of fused-ring (bicyclic) bond motifs is 1. The van der Waals surface area contributed by atoms with Crippen molar-refractivity contribution in [2.24, 2.45) is 0 Å². The highest BCUT2D eigenvalue weighted by atomic mass is 16.3. The fourth-order valence-electron chi connectivity index (χ4n) is 2.50. The summed E-state index contributed by atoms with van der Waals surface area (Å²) in [5.74, 6) is 0.432. The summed E-state index contributed by atoms with van der Waals surface area (Å²) in [6, 6.07) is 0.215. The zero-order chi connectivity index (χ0) is 12.0. The number of anilines is 1. The molecule has 5 N–H and O–H groups in total. The molecule has 1 saturated heterocycles. The van der Waals surface area contributed by atoms with Crippen molar-refractivity contribution in [3.63, 3.8) is 0 Å². The van der Waals surface area contributed by atoms with E-state index < -0.39 is 0 Å². The minimum atomic E-state index is -0.389. The number of H-pyrrole nitrogens is 1. The molecule has 3 rings (SSSR count). The largest absolute Gasteiger partial charge is 0.391 e. The number of nitrogens with two attached hydrogens (primary N) is 1. The molecule has 0 spiro atoms. The van der Waals surface area contributed by atoms with E-state index in [1.807, 2.05) is 6.20 Å². The Kier molecular flexibility index (Phi) is 2.27. The van der Waals surface area contributed by atoms with Crippen molar-refractivity contribution in [3.05, 3.63) is 18.1 Å². The maximum absolute atomic E-state index is 10.0. The Hall–Kier alpha value is -1.66. The highest BCUT2D eigenvalue weighted by Crippen LogP contribution is 2.31. The lowest BCUT2D eigenvalue weighted by molar-refractivity contribution is 0.159. The molecule has 1 aliphatic heterocycles. The maximum Gasteiger partial charge on any atom is 0.151 e. The topological polar surface area (TPSA) is 99.8 Å². The van der Waals surface area contributed by atoms with Crippen LogP contribution in [0.2, 0.25) is 0 Å². The summed E-state index contributed by atoms with van der Waals surface area (Å²) in [6.07, 6.45) is 3.65. The first kappa shape index (κ1) is 10.5. The second kappa shape index (κ2) is 3.68. The summed E-state index contributed by atoms with van der Waals surface area (Å²) in [5, 5.41) is 13.4. The van der Waals surface area contributed by atoms with E-state index >= 15 is 0 Å². The Balaban J connectivity index is 2.09. The van der Waals surface area contributed by atoms with Gasteiger partial charge in [-0.15, -0.1) is 0 Å². The third kappa shape index (κ3) is 1.57. The van der Waals surface area contributed by atoms with E-state index in [1.54, 1.807) is 0 Å². The predicted octanol–water partition coefficient (Wildman–Crippen LogP) is 0.324. The fourth-order valence-corrected chi connectivity index (χ4v) is 2.50. The van der Waals surface area contributed by atoms with Gasteiger partial charge in [0.1, 0.15) is 11.8 Å². The monoisotopic (exact) mass is 233 g/mol. The molecule has 2 aromatic heterocycles. The second-order valence-electron chi connectivity index (χ2n) is 4.57. The van der Waals surface area contributed by atoms with E-state index in [-0.39, 0.29) is 12.1 Å². The van der Waals surface area contributed by atoms with Gasteiger partial charge in [-0.1, -0.05) is 0 Å². The molecule has 3 unspecified atom stereocenters. The van der Waals surface area contributed by atoms with Crippen molar-refractivity contribution in [3.8, 4) is 0 Å². The lowest BCUT2D eigenvalue weighted by atomic mass is 10.0. The molecule has 17 heavy (non-hydrogen) atoms. The van der Waals surface area contributed by atoms with Crippen molar-refractivity contribution < 1.29 is 5.11 Å². The summed E-state index contributed by atoms with van der Waals surface area (Å²) in [5.41, 5.74) is 8.23. The molecule has 0 saturated carbocycles. The molecule has 1 aliphatic rings. The van der Waals surface area contributed by atoms with Gasteiger partial charge in [0, 0.05) is 17.8 Å². The van der Waals surface area contributed by atoms with Crippen LogP contribution >= 0.6 is 0 Å². The molecule has 0 amide bonds. The highest BCUT2D eigenvalue weighted by molar-refractivity contribution is 5.87. The van der Waals surface area contributed by atoms with Crippen LogP contribution in [0.1, 0.15) is 24.9 Å². The molecule has 3 atom stereocenters. The number of aliphatic hydroxyl groups is 1. The summed E-state index contributed by atoms with van der Waals surface area (Å²) < 4.78 is 0. The Bertz CT molecular complexity index is 552. The number of nitrogens with zero attached hydrogens (tertiary/aromatic N) is 2. The van der Waals surface area contributed by atoms with Gasteiger partial charge in [0.05, 0.1) is 17.7 Å². The van der Waals surface area contributed by atoms with E-state index in [2.05, 4.69) is 27.2 Å². The van der Waals surface area contributed by atoms with Gasteiger partial charge in [0.2, 0.25) is 0 Å². The first-order valence-electron chi connectivity index (χ1n) is 5.68. The van der Waals surface area contributed by atoms with Gasteiger partial charge < -0.3 is 21.1 Å². The van der Waals surface area contributed by atoms with Crippen LogP contribution in [0, 0.1) is 0 Å². The van der Waals surface area contributed by atoms with E-state index in [0.29, 0.717) is 11.9 Å². The normalized spacial score (nSPS) is 28.9. The smallest absolute Gasteiger partial charge is 0.151 e. The zero-order valence-corrected chi connectivity index (χ0v) is 9.51. The summed E-state index contributed by atoms with van der Waals surface area (Å²) in [7, 11) is 0. The van der Waals surface area contributed by atoms with E-state index in [0.717, 1.165) is 23.0 Å². The predicted molar refractivity (Wildman–Crippen MR) is 64.3 cm³/mol. The number of hydrogen-bond acceptors (Lipinski definition) is 5. The molecule has 0 aromatic carbocycles. The third-order valence-electron chi connectivity index (χ3n) is 3.30. The van der Waals surface area contributed by atoms with Crippen LogP contribution in [0.4, 0.5) is 5.82 Å². The number of nitrogens with one attached hydrogen (secondary N) is 2. The van der Waals surface area contributed by atoms with Crippen LogP contribution in [-0.2, 0) is 0 Å². The maximum atomic E-state index is 10.0. The number of aromatic amines is 1. The molecular formula is C11H15N5O. The second-order valence-corrected chi connectivity index (χ2v) is 4.57. The molecule has 90 valence electrons. The van der Waals surface area contributed by atoms with E-state index in [1.165, 1.54) is 6.33 Å². The SMILES string of the molecule is CC1CC(O)C(c2c[nH]c3c(N)ncnc23)N1. The van der Waals surface area contributed by atoms with Gasteiger partial charge in [0.25, 0.3) is 0 Å². The minimum absolute atomic E-state index is 0.0898. The van der Waals surface area contributed by atoms with Crippen molar-refractivity contribution in [1.82, 2.24) is 20.3 Å². The van der Waals surface area contributed by atoms with Crippen LogP contribution in [0.25, 0.3) is 11.0 Å². The van der Waals surface area contributed by atoms with Gasteiger partial charge in [-0.3, -0.25) is 0 Å². The average molecular weight is 233 g/mol. The molecule has 0 bridgehead atoms. The van der Waals surface area contributed by atoms with Crippen LogP contribution in [-0.4, -0.2) is 32.2 Å². The molecule has 2 aromatic rings. The number of hydrogen-bond donors (Lipinski definition) is 4. The molecule has 6 nitrogen and oxygen atoms in total. The molecule has 3 heterocycles. The Morgan fingerprint density at radius 1 is 1.47 bits per heavy atom. The molecule has 6 heteroatoms. The standard InChI is InChI=1S/C11H15N5O/c1-5-2-7(17)8(16-5)6-3-13-10-9(6)14-4-15-11(10)12/h3-5,7-8,13,16-17H,2H2,1H3,(H2,12,14,15). The minimum Gasteiger partial charge on any atom is -0.391 e. The van der Waals surface area contributed by atoms with Crippen molar-refractivity contribution >= 4 is 16.9 Å². The van der Waals surface area contributed by atoms with Gasteiger partial charge in [-0.25, -0.2) is 9.97 Å². The van der Waals surface area contributed by atoms with Crippen LogP contribution in [0.5, 0.6) is 0 Å². The van der Waals surface area contributed by atoms with Gasteiger partial charge in [-0.2, -0.15) is 0 Å². The summed E-state index contributed by atoms with van der Waals surface area (Å²) in [4.78, 5) is 11.2. The van der Waals surface area contributed by atoms with Gasteiger partial charge in [-0.05, 0) is 13.3 Å². The van der Waals surface area contributed by atoms with Gasteiger partial charge >= 0.3 is 0 Å². The lowest BCUT2D eigenvalue weighted by Crippen LogP contribution is -2.23. The Morgan fingerprint density at radius 2 is 2.29 bits per heavy atom. The summed E-state index contributed by atoms with van der Waals surface area (Å²) in [6.45, 7) is 2.06. The molecule has 0 radical (unpaired) electrons. The fraction of sp³-hybridized carbons (Fsp3) is 0.455. The zero-order valence-electron chi connectivity index (χ0n) is 9.51. The van der Waals surface area contributed by atoms with Crippen molar-refractivity contribution in [2.45, 2.75) is 31.5 Å². The molecule has 0 aliphatic carbocycles. The van der Waals surface area contributed by atoms with Crippen molar-refractivity contribution in [2.75, 3.05) is 5.73 Å². The number of aromatic nitrogens is 3. The third-order valence-corrected chi connectivity index (χ3v) is 3.30. The van der Waals surface area contributed by atoms with Crippen LogP contribution in [0.3, 0.4) is 0 Å². The van der Waals surface area contributed by atoms with E-state index in [4.69, 9.17) is 5.73 Å². The number of nitrogen functional groups attached to an aromatic ring is 1.